The molecule has 0 amide bonds. The smallest absolute Gasteiger partial charge is 0.152 e. The number of allylic oxidation sites excluding steroid dienone is 5. The molecular weight excluding hydrogens is 152 g/mol. The third-order valence-corrected chi connectivity index (χ3v) is 2.48. The number of hydrogen-bond donors (Lipinski definition) is 2. The van der Waals surface area contributed by atoms with Crippen molar-refractivity contribution in [3.05, 3.63) is 35.3 Å². The Hall–Kier alpha value is -1.18. The van der Waals surface area contributed by atoms with E-state index in [1.807, 2.05) is 0 Å². The molecule has 0 aromatic carbocycles. The summed E-state index contributed by atoms with van der Waals surface area (Å²) in [6, 6.07) is 0. The number of rotatable bonds is 0. The zero-order valence-corrected chi connectivity index (χ0v) is 6.83. The van der Waals surface area contributed by atoms with Gasteiger partial charge in [0, 0.05) is 12.3 Å². The van der Waals surface area contributed by atoms with E-state index in [0.29, 0.717) is 12.3 Å². The van der Waals surface area contributed by atoms with Gasteiger partial charge in [-0.2, -0.15) is 0 Å². The SMILES string of the molecule is OC1=C(O)CC2C=CCCC2=C1. The predicted molar refractivity (Wildman–Crippen MR) is 46.8 cm³/mol. The van der Waals surface area contributed by atoms with Crippen LogP contribution in [0.2, 0.25) is 0 Å². The van der Waals surface area contributed by atoms with Crippen LogP contribution in [-0.2, 0) is 0 Å². The lowest BCUT2D eigenvalue weighted by Crippen LogP contribution is -2.12. The summed E-state index contributed by atoms with van der Waals surface area (Å²) in [5.74, 6) is 0.501. The second-order valence-corrected chi connectivity index (χ2v) is 3.33. The molecule has 0 spiro atoms. The average Bonchev–Trinajstić information content (AvgIpc) is 2.07. The van der Waals surface area contributed by atoms with Gasteiger partial charge >= 0.3 is 0 Å². The summed E-state index contributed by atoms with van der Waals surface area (Å²) < 4.78 is 0. The maximum Gasteiger partial charge on any atom is 0.152 e. The Morgan fingerprint density at radius 3 is 3.00 bits per heavy atom. The minimum atomic E-state index is 0.0524. The number of aliphatic hydroxyl groups is 2. The Kier molecular flexibility index (Phi) is 1.68. The second kappa shape index (κ2) is 2.70. The molecule has 0 aliphatic heterocycles. The van der Waals surface area contributed by atoms with E-state index >= 15 is 0 Å². The molecule has 64 valence electrons. The molecular formula is C10H12O2. The van der Waals surface area contributed by atoms with E-state index < -0.39 is 0 Å². The first-order valence-corrected chi connectivity index (χ1v) is 4.25. The van der Waals surface area contributed by atoms with E-state index in [2.05, 4.69) is 12.2 Å². The molecule has 2 aliphatic rings. The van der Waals surface area contributed by atoms with Crippen LogP contribution in [0.25, 0.3) is 0 Å². The fraction of sp³-hybridized carbons (Fsp3) is 0.400. The minimum Gasteiger partial charge on any atom is -0.508 e. The van der Waals surface area contributed by atoms with Gasteiger partial charge in [-0.15, -0.1) is 0 Å². The number of fused-ring (bicyclic) bond motifs is 1. The van der Waals surface area contributed by atoms with Crippen LogP contribution in [0.1, 0.15) is 19.3 Å². The molecule has 12 heavy (non-hydrogen) atoms. The Bertz CT molecular complexity index is 284. The average molecular weight is 164 g/mol. The summed E-state index contributed by atoms with van der Waals surface area (Å²) in [5, 5.41) is 18.5. The van der Waals surface area contributed by atoms with Gasteiger partial charge in [-0.3, -0.25) is 0 Å². The minimum absolute atomic E-state index is 0.0524. The van der Waals surface area contributed by atoms with E-state index in [1.54, 1.807) is 6.08 Å². The van der Waals surface area contributed by atoms with E-state index in [0.717, 1.165) is 12.8 Å². The van der Waals surface area contributed by atoms with Gasteiger partial charge < -0.3 is 10.2 Å². The van der Waals surface area contributed by atoms with E-state index in [1.165, 1.54) is 5.57 Å². The molecule has 0 aromatic heterocycles. The normalized spacial score (nSPS) is 28.3. The summed E-state index contributed by atoms with van der Waals surface area (Å²) in [7, 11) is 0. The van der Waals surface area contributed by atoms with Crippen LogP contribution < -0.4 is 0 Å². The summed E-state index contributed by atoms with van der Waals surface area (Å²) in [5.41, 5.74) is 1.24. The van der Waals surface area contributed by atoms with Gasteiger partial charge in [0.1, 0.15) is 5.76 Å². The van der Waals surface area contributed by atoms with Gasteiger partial charge in [0.05, 0.1) is 0 Å². The highest BCUT2D eigenvalue weighted by atomic mass is 16.3. The van der Waals surface area contributed by atoms with Gasteiger partial charge in [0.25, 0.3) is 0 Å². The molecule has 2 nitrogen and oxygen atoms in total. The van der Waals surface area contributed by atoms with Gasteiger partial charge in [-0.1, -0.05) is 17.7 Å². The van der Waals surface area contributed by atoms with Gasteiger partial charge in [-0.05, 0) is 18.9 Å². The molecule has 1 unspecified atom stereocenters. The topological polar surface area (TPSA) is 40.5 Å². The van der Waals surface area contributed by atoms with Crippen LogP contribution in [0.3, 0.4) is 0 Å². The van der Waals surface area contributed by atoms with Crippen molar-refractivity contribution in [2.24, 2.45) is 5.92 Å². The molecule has 2 N–H and O–H groups in total. The maximum absolute atomic E-state index is 9.27. The van der Waals surface area contributed by atoms with Gasteiger partial charge in [-0.25, -0.2) is 0 Å². The van der Waals surface area contributed by atoms with E-state index in [9.17, 15) is 10.2 Å². The quantitative estimate of drug-likeness (QED) is 0.540. The molecule has 0 radical (unpaired) electrons. The zero-order chi connectivity index (χ0) is 8.55. The third-order valence-electron chi connectivity index (χ3n) is 2.48. The predicted octanol–water partition coefficient (Wildman–Crippen LogP) is 2.61. The van der Waals surface area contributed by atoms with Crippen LogP contribution in [0.15, 0.2) is 35.3 Å². The summed E-state index contributed by atoms with van der Waals surface area (Å²) in [6.45, 7) is 0. The molecule has 2 rings (SSSR count). The van der Waals surface area contributed by atoms with Crippen LogP contribution in [0, 0.1) is 5.92 Å². The van der Waals surface area contributed by atoms with E-state index in [4.69, 9.17) is 0 Å². The first kappa shape index (κ1) is 7.47. The van der Waals surface area contributed by atoms with Crippen molar-refractivity contribution in [1.29, 1.82) is 0 Å². The monoisotopic (exact) mass is 164 g/mol. The van der Waals surface area contributed by atoms with Crippen LogP contribution in [0.4, 0.5) is 0 Å². The standard InChI is InChI=1S/C10H12O2/c11-9-5-7-3-1-2-4-8(7)6-10(9)12/h1,3,6-7,11-12H,2,4-5H2. The fourth-order valence-corrected chi connectivity index (χ4v) is 1.77. The number of aliphatic hydroxyl groups excluding tert-OH is 2. The second-order valence-electron chi connectivity index (χ2n) is 3.33. The van der Waals surface area contributed by atoms with Crippen molar-refractivity contribution >= 4 is 0 Å². The molecule has 0 aromatic rings. The highest BCUT2D eigenvalue weighted by molar-refractivity contribution is 5.32. The van der Waals surface area contributed by atoms with Crippen molar-refractivity contribution in [1.82, 2.24) is 0 Å². The maximum atomic E-state index is 9.27. The van der Waals surface area contributed by atoms with Gasteiger partial charge in [0.15, 0.2) is 5.76 Å². The Morgan fingerprint density at radius 1 is 1.33 bits per heavy atom. The van der Waals surface area contributed by atoms with Crippen molar-refractivity contribution < 1.29 is 10.2 Å². The fourth-order valence-electron chi connectivity index (χ4n) is 1.77. The third kappa shape index (κ3) is 1.13. The molecule has 1 atom stereocenters. The molecule has 0 heterocycles. The molecule has 2 aliphatic carbocycles. The summed E-state index contributed by atoms with van der Waals surface area (Å²) in [4.78, 5) is 0. The molecule has 0 saturated carbocycles. The molecule has 0 bridgehead atoms. The summed E-state index contributed by atoms with van der Waals surface area (Å²) >= 11 is 0. The molecule has 2 heteroatoms. The number of hydrogen-bond acceptors (Lipinski definition) is 2. The molecule has 0 saturated heterocycles. The first-order valence-electron chi connectivity index (χ1n) is 4.25. The van der Waals surface area contributed by atoms with E-state index in [-0.39, 0.29) is 11.5 Å². The largest absolute Gasteiger partial charge is 0.508 e. The highest BCUT2D eigenvalue weighted by Crippen LogP contribution is 2.33. The first-order chi connectivity index (χ1) is 5.77. The van der Waals surface area contributed by atoms with Crippen LogP contribution in [-0.4, -0.2) is 10.2 Å². The molecule has 0 fully saturated rings. The van der Waals surface area contributed by atoms with Crippen LogP contribution in [0.5, 0.6) is 0 Å². The summed E-state index contributed by atoms with van der Waals surface area (Å²) in [6.07, 6.45) is 8.58. The van der Waals surface area contributed by atoms with Gasteiger partial charge in [0.2, 0.25) is 0 Å². The Morgan fingerprint density at radius 2 is 2.17 bits per heavy atom. The van der Waals surface area contributed by atoms with Crippen LogP contribution >= 0.6 is 0 Å². The van der Waals surface area contributed by atoms with Crippen molar-refractivity contribution in [3.8, 4) is 0 Å². The van der Waals surface area contributed by atoms with Crippen molar-refractivity contribution in [3.63, 3.8) is 0 Å². The van der Waals surface area contributed by atoms with Crippen molar-refractivity contribution in [2.45, 2.75) is 19.3 Å². The van der Waals surface area contributed by atoms with Crippen molar-refractivity contribution in [2.75, 3.05) is 0 Å². The lowest BCUT2D eigenvalue weighted by molar-refractivity contribution is 0.305. The Balaban J connectivity index is 2.32. The Labute approximate surface area is 71.5 Å². The zero-order valence-electron chi connectivity index (χ0n) is 6.83. The lowest BCUT2D eigenvalue weighted by atomic mass is 9.83. The lowest BCUT2D eigenvalue weighted by Gasteiger charge is -2.23. The highest BCUT2D eigenvalue weighted by Gasteiger charge is 2.22.